The van der Waals surface area contributed by atoms with Gasteiger partial charge in [-0.05, 0) is 61.6 Å². The van der Waals surface area contributed by atoms with Crippen LogP contribution in [-0.4, -0.2) is 30.1 Å². The van der Waals surface area contributed by atoms with Gasteiger partial charge in [0.2, 0.25) is 0 Å². The van der Waals surface area contributed by atoms with Crippen LogP contribution in [0, 0.1) is 12.7 Å². The maximum atomic E-state index is 14.5. The Morgan fingerprint density at radius 2 is 1.59 bits per heavy atom. The predicted octanol–water partition coefficient (Wildman–Crippen LogP) is 7.33. The van der Waals surface area contributed by atoms with Crippen molar-refractivity contribution in [2.75, 3.05) is 22.9 Å². The molecule has 0 aliphatic carbocycles. The molecule has 0 radical (unpaired) electrons. The summed E-state index contributed by atoms with van der Waals surface area (Å²) in [6.45, 7) is 5.09. The van der Waals surface area contributed by atoms with Crippen LogP contribution in [0.15, 0.2) is 66.7 Å². The Morgan fingerprint density at radius 3 is 2.30 bits per heavy atom. The van der Waals surface area contributed by atoms with E-state index in [1.807, 2.05) is 30.0 Å². The number of aryl methyl sites for hydroxylation is 1. The highest BCUT2D eigenvalue weighted by Gasteiger charge is 2.41. The molecule has 194 valence electrons. The number of hydrogen-bond acceptors (Lipinski definition) is 2. The molecule has 3 aromatic carbocycles. The summed E-state index contributed by atoms with van der Waals surface area (Å²) in [6.07, 6.45) is -3.24. The summed E-state index contributed by atoms with van der Waals surface area (Å²) in [5, 5.41) is 0. The molecule has 1 fully saturated rings. The van der Waals surface area contributed by atoms with Crippen molar-refractivity contribution in [2.24, 2.45) is 0 Å². The lowest BCUT2D eigenvalue weighted by Crippen LogP contribution is -2.55. The summed E-state index contributed by atoms with van der Waals surface area (Å²) in [4.78, 5) is 19.2. The summed E-state index contributed by atoms with van der Waals surface area (Å²) < 4.78 is 56.0. The minimum atomic E-state index is -4.53. The van der Waals surface area contributed by atoms with Gasteiger partial charge in [0.1, 0.15) is 5.82 Å². The van der Waals surface area contributed by atoms with Crippen LogP contribution in [0.25, 0.3) is 0 Å². The average molecular weight is 512 g/mol. The number of fused-ring (bicyclic) bond motifs is 1. The van der Waals surface area contributed by atoms with E-state index >= 15 is 0 Å². The van der Waals surface area contributed by atoms with E-state index in [4.69, 9.17) is 0 Å². The molecule has 0 spiro atoms. The Balaban J connectivity index is 1.43. The number of halogens is 4. The minimum absolute atomic E-state index is 0.0600. The summed E-state index contributed by atoms with van der Waals surface area (Å²) in [5.41, 5.74) is 2.31. The maximum absolute atomic E-state index is 14.5. The number of benzene rings is 3. The van der Waals surface area contributed by atoms with E-state index in [9.17, 15) is 22.4 Å². The van der Waals surface area contributed by atoms with Crippen LogP contribution in [0.4, 0.5) is 33.7 Å². The van der Waals surface area contributed by atoms with Crippen molar-refractivity contribution >= 4 is 17.4 Å². The number of nitrogens with zero attached hydrogens (tertiary/aromatic N) is 3. The van der Waals surface area contributed by atoms with E-state index in [-0.39, 0.29) is 23.5 Å². The zero-order valence-electron chi connectivity index (χ0n) is 20.8. The third kappa shape index (κ3) is 4.65. The fourth-order valence-corrected chi connectivity index (χ4v) is 5.71. The topological polar surface area (TPSA) is 26.8 Å². The SMILES string of the molecule is Cc1cccc(F)c1N1CCC(N2Cc3ccccc3N(C(C)c3ccccc3C(F)(F)F)C2=O)CC1. The van der Waals surface area contributed by atoms with Crippen molar-refractivity contribution in [3.8, 4) is 0 Å². The molecule has 4 nitrogen and oxygen atoms in total. The van der Waals surface area contributed by atoms with Gasteiger partial charge in [-0.25, -0.2) is 9.18 Å². The number of carbonyl (C=O) groups excluding carboxylic acids is 1. The number of anilines is 2. The van der Waals surface area contributed by atoms with E-state index in [0.717, 1.165) is 17.2 Å². The van der Waals surface area contributed by atoms with Crippen molar-refractivity contribution in [2.45, 2.75) is 51.5 Å². The number of rotatable bonds is 4. The highest BCUT2D eigenvalue weighted by Crippen LogP contribution is 2.41. The van der Waals surface area contributed by atoms with Gasteiger partial charge in [-0.15, -0.1) is 0 Å². The van der Waals surface area contributed by atoms with E-state index < -0.39 is 17.8 Å². The second-order valence-corrected chi connectivity index (χ2v) is 9.79. The number of amides is 2. The number of piperidine rings is 1. The van der Waals surface area contributed by atoms with Gasteiger partial charge in [0.25, 0.3) is 0 Å². The van der Waals surface area contributed by atoms with Crippen LogP contribution in [0.5, 0.6) is 0 Å². The van der Waals surface area contributed by atoms with E-state index in [0.29, 0.717) is 43.9 Å². The quantitative estimate of drug-likeness (QED) is 0.343. The molecule has 1 saturated heterocycles. The van der Waals surface area contributed by atoms with Crippen molar-refractivity contribution in [3.63, 3.8) is 0 Å². The van der Waals surface area contributed by atoms with Gasteiger partial charge in [-0.3, -0.25) is 4.90 Å². The van der Waals surface area contributed by atoms with Crippen molar-refractivity contribution < 1.29 is 22.4 Å². The molecule has 8 heteroatoms. The fourth-order valence-electron chi connectivity index (χ4n) is 5.71. The molecular formula is C29H29F4N3O. The van der Waals surface area contributed by atoms with Crippen molar-refractivity contribution in [3.05, 3.63) is 94.8 Å². The lowest BCUT2D eigenvalue weighted by Gasteiger charge is -2.46. The highest BCUT2D eigenvalue weighted by molar-refractivity contribution is 5.96. The summed E-state index contributed by atoms with van der Waals surface area (Å²) in [6, 6.07) is 16.6. The largest absolute Gasteiger partial charge is 0.416 e. The molecule has 0 aromatic heterocycles. The maximum Gasteiger partial charge on any atom is 0.416 e. The van der Waals surface area contributed by atoms with E-state index in [2.05, 4.69) is 0 Å². The molecule has 0 saturated carbocycles. The summed E-state index contributed by atoms with van der Waals surface area (Å²) in [7, 11) is 0. The van der Waals surface area contributed by atoms with Crippen molar-refractivity contribution in [1.29, 1.82) is 0 Å². The molecule has 0 bridgehead atoms. The third-order valence-corrected chi connectivity index (χ3v) is 7.56. The third-order valence-electron chi connectivity index (χ3n) is 7.56. The smallest absolute Gasteiger partial charge is 0.369 e. The first-order valence-corrected chi connectivity index (χ1v) is 12.5. The first-order chi connectivity index (χ1) is 17.7. The van der Waals surface area contributed by atoms with Gasteiger partial charge in [0.15, 0.2) is 0 Å². The minimum Gasteiger partial charge on any atom is -0.369 e. The van der Waals surface area contributed by atoms with Gasteiger partial charge in [0, 0.05) is 25.7 Å². The van der Waals surface area contributed by atoms with E-state index in [1.54, 1.807) is 36.1 Å². The molecular weight excluding hydrogens is 482 g/mol. The predicted molar refractivity (Wildman–Crippen MR) is 136 cm³/mol. The van der Waals surface area contributed by atoms with E-state index in [1.165, 1.54) is 23.1 Å². The van der Waals surface area contributed by atoms with Crippen LogP contribution in [0.3, 0.4) is 0 Å². The molecule has 1 unspecified atom stereocenters. The van der Waals surface area contributed by atoms with Crippen molar-refractivity contribution in [1.82, 2.24) is 4.90 Å². The van der Waals surface area contributed by atoms with Gasteiger partial charge in [-0.1, -0.05) is 48.5 Å². The summed E-state index contributed by atoms with van der Waals surface area (Å²) in [5.74, 6) is -0.259. The molecule has 3 aromatic rings. The second kappa shape index (κ2) is 9.72. The standard InChI is InChI=1S/C29H29F4N3O/c1-19-8-7-12-25(30)27(19)34-16-14-22(15-17-34)35-18-21-9-3-6-13-26(21)36(28(35)37)20(2)23-10-4-5-11-24(23)29(31,32)33/h3-13,20,22H,14-18H2,1-2H3. The Bertz CT molecular complexity index is 1280. The molecule has 2 amide bonds. The van der Waals surface area contributed by atoms with Crippen LogP contribution in [-0.2, 0) is 12.7 Å². The Kier molecular flexibility index (Phi) is 6.60. The number of para-hydroxylation sites is 2. The number of urea groups is 1. The molecule has 37 heavy (non-hydrogen) atoms. The highest BCUT2D eigenvalue weighted by atomic mass is 19.4. The molecule has 5 rings (SSSR count). The average Bonchev–Trinajstić information content (AvgIpc) is 2.88. The van der Waals surface area contributed by atoms with Crippen LogP contribution in [0.1, 0.15) is 48.1 Å². The molecule has 2 aliphatic heterocycles. The number of alkyl halides is 3. The monoisotopic (exact) mass is 511 g/mol. The normalized spacial score (nSPS) is 17.7. The van der Waals surface area contributed by atoms with Gasteiger partial charge in [-0.2, -0.15) is 13.2 Å². The zero-order chi connectivity index (χ0) is 26.3. The number of hydrogen-bond donors (Lipinski definition) is 0. The first-order valence-electron chi connectivity index (χ1n) is 12.5. The molecule has 1 atom stereocenters. The van der Waals surface area contributed by atoms with Gasteiger partial charge >= 0.3 is 12.2 Å². The lowest BCUT2D eigenvalue weighted by atomic mass is 9.96. The summed E-state index contributed by atoms with van der Waals surface area (Å²) >= 11 is 0. The Labute approximate surface area is 214 Å². The van der Waals surface area contributed by atoms with Crippen LogP contribution in [0.2, 0.25) is 0 Å². The molecule has 2 aliphatic rings. The van der Waals surface area contributed by atoms with Crippen LogP contribution >= 0.6 is 0 Å². The molecule has 2 heterocycles. The first kappa shape index (κ1) is 25.1. The molecule has 0 N–H and O–H groups in total. The number of carbonyl (C=O) groups is 1. The lowest BCUT2D eigenvalue weighted by molar-refractivity contribution is -0.138. The fraction of sp³-hybridized carbons (Fsp3) is 0.345. The Hall–Kier alpha value is -3.55. The van der Waals surface area contributed by atoms with Crippen LogP contribution < -0.4 is 9.80 Å². The van der Waals surface area contributed by atoms with Gasteiger partial charge in [0.05, 0.1) is 23.0 Å². The second-order valence-electron chi connectivity index (χ2n) is 9.79. The zero-order valence-corrected chi connectivity index (χ0v) is 20.8. The Morgan fingerprint density at radius 1 is 0.919 bits per heavy atom. The van der Waals surface area contributed by atoms with Gasteiger partial charge < -0.3 is 9.80 Å².